The fraction of sp³-hybridized carbons (Fsp3) is 0.250. The molecule has 0 N–H and O–H groups in total. The molecule has 0 aromatic rings. The predicted molar refractivity (Wildman–Crippen MR) is 34.9 cm³/mol. The summed E-state index contributed by atoms with van der Waals surface area (Å²) >= 11 is 7.11. The van der Waals surface area contributed by atoms with Crippen LogP contribution in [0.5, 0.6) is 0 Å². The van der Waals surface area contributed by atoms with E-state index >= 15 is 0 Å². The van der Waals surface area contributed by atoms with Gasteiger partial charge in [0.2, 0.25) is 0 Å². The van der Waals surface area contributed by atoms with E-state index in [9.17, 15) is 0 Å². The molecule has 0 fully saturated rings. The molecule has 0 unspecified atom stereocenters. The van der Waals surface area contributed by atoms with Gasteiger partial charge in [0.05, 0.1) is 5.88 Å². The van der Waals surface area contributed by atoms with Gasteiger partial charge in [0.25, 0.3) is 0 Å². The zero-order valence-corrected chi connectivity index (χ0v) is 5.17. The molecule has 1 heterocycles. The number of allylic oxidation sites excluding steroid dienone is 1. The maximum atomic E-state index is 5.47. The molecule has 0 saturated carbocycles. The molecule has 1 aliphatic rings. The molecular weight excluding hydrogens is 130 g/mol. The molecule has 0 aromatic carbocycles. The molecule has 0 bridgehead atoms. The standard InChI is InChI=1S/C4H4ClNS/c5-4-1-2-7-3-6-4/h1-2H,3H2. The van der Waals surface area contributed by atoms with Gasteiger partial charge >= 0.3 is 0 Å². The zero-order valence-electron chi connectivity index (χ0n) is 3.60. The summed E-state index contributed by atoms with van der Waals surface area (Å²) in [6.07, 6.45) is 1.79. The van der Waals surface area contributed by atoms with E-state index in [0.29, 0.717) is 5.17 Å². The Morgan fingerprint density at radius 2 is 2.71 bits per heavy atom. The number of thioether (sulfide) groups is 1. The van der Waals surface area contributed by atoms with Crippen molar-refractivity contribution in [2.75, 3.05) is 5.88 Å². The van der Waals surface area contributed by atoms with Crippen molar-refractivity contribution in [1.82, 2.24) is 0 Å². The molecular formula is C4H4ClNS. The highest BCUT2D eigenvalue weighted by Gasteiger charge is 1.90. The van der Waals surface area contributed by atoms with E-state index in [0.717, 1.165) is 5.88 Å². The Morgan fingerprint density at radius 3 is 3.00 bits per heavy atom. The first-order chi connectivity index (χ1) is 3.39. The molecule has 0 aliphatic carbocycles. The number of aliphatic imine (C=N–C) groups is 1. The summed E-state index contributed by atoms with van der Waals surface area (Å²) in [6, 6.07) is 0. The van der Waals surface area contributed by atoms with E-state index in [1.54, 1.807) is 17.8 Å². The summed E-state index contributed by atoms with van der Waals surface area (Å²) in [5.74, 6) is 0.773. The molecule has 0 radical (unpaired) electrons. The van der Waals surface area contributed by atoms with Gasteiger partial charge in [-0.25, -0.2) is 0 Å². The second-order valence-electron chi connectivity index (χ2n) is 1.08. The highest BCUT2D eigenvalue weighted by molar-refractivity contribution is 8.02. The number of rotatable bonds is 0. The second-order valence-corrected chi connectivity index (χ2v) is 2.33. The van der Waals surface area contributed by atoms with Crippen LogP contribution in [0.4, 0.5) is 0 Å². The van der Waals surface area contributed by atoms with Crippen LogP contribution < -0.4 is 0 Å². The Morgan fingerprint density at radius 1 is 1.86 bits per heavy atom. The number of hydrogen-bond donors (Lipinski definition) is 0. The van der Waals surface area contributed by atoms with E-state index < -0.39 is 0 Å². The average Bonchev–Trinajstić information content (AvgIpc) is 1.69. The van der Waals surface area contributed by atoms with Crippen molar-refractivity contribution in [2.45, 2.75) is 0 Å². The van der Waals surface area contributed by atoms with Gasteiger partial charge in [0.15, 0.2) is 0 Å². The van der Waals surface area contributed by atoms with Crippen molar-refractivity contribution in [1.29, 1.82) is 0 Å². The third kappa shape index (κ3) is 1.53. The Bertz CT molecular complexity index is 119. The van der Waals surface area contributed by atoms with Crippen molar-refractivity contribution < 1.29 is 0 Å². The van der Waals surface area contributed by atoms with E-state index in [1.807, 2.05) is 5.41 Å². The molecule has 7 heavy (non-hydrogen) atoms. The van der Waals surface area contributed by atoms with Crippen LogP contribution in [0.3, 0.4) is 0 Å². The van der Waals surface area contributed by atoms with Crippen LogP contribution in [0, 0.1) is 0 Å². The monoisotopic (exact) mass is 133 g/mol. The molecule has 0 saturated heterocycles. The maximum Gasteiger partial charge on any atom is 0.125 e. The lowest BCUT2D eigenvalue weighted by molar-refractivity contribution is 1.39. The topological polar surface area (TPSA) is 12.4 Å². The molecule has 0 aromatic heterocycles. The zero-order chi connectivity index (χ0) is 5.11. The molecule has 1 nitrogen and oxygen atoms in total. The molecule has 1 aliphatic heterocycles. The second kappa shape index (κ2) is 2.38. The minimum Gasteiger partial charge on any atom is -0.262 e. The van der Waals surface area contributed by atoms with Gasteiger partial charge in [-0.2, -0.15) is 0 Å². The van der Waals surface area contributed by atoms with E-state index in [2.05, 4.69) is 4.99 Å². The highest BCUT2D eigenvalue weighted by atomic mass is 35.5. The lowest BCUT2D eigenvalue weighted by Gasteiger charge is -1.94. The van der Waals surface area contributed by atoms with Crippen LogP contribution in [-0.2, 0) is 0 Å². The van der Waals surface area contributed by atoms with Crippen molar-refractivity contribution in [3.05, 3.63) is 11.5 Å². The van der Waals surface area contributed by atoms with E-state index in [1.165, 1.54) is 0 Å². The Labute approximate surface area is 51.5 Å². The summed E-state index contributed by atoms with van der Waals surface area (Å²) in [7, 11) is 0. The van der Waals surface area contributed by atoms with Gasteiger partial charge in [0.1, 0.15) is 5.17 Å². The van der Waals surface area contributed by atoms with Crippen LogP contribution in [0.25, 0.3) is 0 Å². The summed E-state index contributed by atoms with van der Waals surface area (Å²) < 4.78 is 0. The van der Waals surface area contributed by atoms with Crippen molar-refractivity contribution >= 4 is 28.5 Å². The number of nitrogens with zero attached hydrogens (tertiary/aromatic N) is 1. The normalized spacial score (nSPS) is 19.3. The Balaban J connectivity index is 2.58. The van der Waals surface area contributed by atoms with E-state index in [-0.39, 0.29) is 0 Å². The first-order valence-electron chi connectivity index (χ1n) is 1.88. The van der Waals surface area contributed by atoms with Crippen LogP contribution in [0.1, 0.15) is 0 Å². The third-order valence-corrected chi connectivity index (χ3v) is 1.44. The Hall–Kier alpha value is 0.0500. The lowest BCUT2D eigenvalue weighted by atomic mass is 10.7. The van der Waals surface area contributed by atoms with Gasteiger partial charge in [-0.05, 0) is 11.5 Å². The van der Waals surface area contributed by atoms with Crippen molar-refractivity contribution in [3.63, 3.8) is 0 Å². The first kappa shape index (κ1) is 5.19. The predicted octanol–water partition coefficient (Wildman–Crippen LogP) is 1.84. The van der Waals surface area contributed by atoms with Gasteiger partial charge < -0.3 is 0 Å². The molecule has 0 amide bonds. The van der Waals surface area contributed by atoms with Crippen LogP contribution in [0.15, 0.2) is 16.5 Å². The summed E-state index contributed by atoms with van der Waals surface area (Å²) in [6.45, 7) is 0. The SMILES string of the molecule is ClC1=NCSC=C1. The largest absolute Gasteiger partial charge is 0.262 e. The highest BCUT2D eigenvalue weighted by Crippen LogP contribution is 2.09. The van der Waals surface area contributed by atoms with Gasteiger partial charge in [0, 0.05) is 0 Å². The summed E-state index contributed by atoms with van der Waals surface area (Å²) in [5, 5.41) is 2.55. The fourth-order valence-electron chi connectivity index (χ4n) is 0.299. The van der Waals surface area contributed by atoms with Crippen LogP contribution in [0.2, 0.25) is 0 Å². The van der Waals surface area contributed by atoms with Gasteiger partial charge in [-0.1, -0.05) is 11.6 Å². The van der Waals surface area contributed by atoms with Gasteiger partial charge in [-0.15, -0.1) is 11.8 Å². The molecule has 0 atom stereocenters. The molecule has 0 spiro atoms. The number of halogens is 1. The summed E-state index contributed by atoms with van der Waals surface area (Å²) in [4.78, 5) is 3.89. The number of hydrogen-bond acceptors (Lipinski definition) is 2. The van der Waals surface area contributed by atoms with E-state index in [4.69, 9.17) is 11.6 Å². The van der Waals surface area contributed by atoms with Crippen LogP contribution in [-0.4, -0.2) is 11.0 Å². The first-order valence-corrected chi connectivity index (χ1v) is 3.30. The summed E-state index contributed by atoms with van der Waals surface area (Å²) in [5.41, 5.74) is 0. The molecule has 38 valence electrons. The van der Waals surface area contributed by atoms with Crippen molar-refractivity contribution in [3.8, 4) is 0 Å². The quantitative estimate of drug-likeness (QED) is 0.491. The maximum absolute atomic E-state index is 5.47. The lowest BCUT2D eigenvalue weighted by Crippen LogP contribution is -1.84. The van der Waals surface area contributed by atoms with Crippen LogP contribution >= 0.6 is 23.4 Å². The van der Waals surface area contributed by atoms with Gasteiger partial charge in [-0.3, -0.25) is 4.99 Å². The van der Waals surface area contributed by atoms with Crippen molar-refractivity contribution in [2.24, 2.45) is 4.99 Å². The minimum absolute atomic E-state index is 0.610. The third-order valence-electron chi connectivity index (χ3n) is 0.592. The fourth-order valence-corrected chi connectivity index (χ4v) is 1.09. The Kier molecular flexibility index (Phi) is 1.77. The minimum atomic E-state index is 0.610. The molecule has 3 heteroatoms. The molecule has 1 rings (SSSR count). The average molecular weight is 134 g/mol. The smallest absolute Gasteiger partial charge is 0.125 e.